The molecule has 1 aromatic heterocycles. The summed E-state index contributed by atoms with van der Waals surface area (Å²) in [6.45, 7) is 2.72. The van der Waals surface area contributed by atoms with Crippen LogP contribution in [0, 0.1) is 0 Å². The average Bonchev–Trinajstić information content (AvgIpc) is 3.01. The van der Waals surface area contributed by atoms with Crippen molar-refractivity contribution in [3.05, 3.63) is 53.3 Å². The third-order valence-corrected chi connectivity index (χ3v) is 4.01. The summed E-state index contributed by atoms with van der Waals surface area (Å²) in [5.74, 6) is -0.879. The molecule has 0 aliphatic carbocycles. The summed E-state index contributed by atoms with van der Waals surface area (Å²) in [5, 5.41) is 16.4. The van der Waals surface area contributed by atoms with Crippen LogP contribution in [0.3, 0.4) is 0 Å². The van der Waals surface area contributed by atoms with E-state index in [1.165, 1.54) is 12.1 Å². The highest BCUT2D eigenvalue weighted by Crippen LogP contribution is 2.29. The summed E-state index contributed by atoms with van der Waals surface area (Å²) in [6, 6.07) is 4.34. The van der Waals surface area contributed by atoms with Crippen LogP contribution >= 0.6 is 0 Å². The molecule has 1 atom stereocenters. The quantitative estimate of drug-likeness (QED) is 0.708. The van der Waals surface area contributed by atoms with Gasteiger partial charge in [0.25, 0.3) is 0 Å². The Morgan fingerprint density at radius 3 is 2.54 bits per heavy atom. The van der Waals surface area contributed by atoms with E-state index in [9.17, 15) is 23.1 Å². The molecule has 1 heterocycles. The van der Waals surface area contributed by atoms with Crippen LogP contribution in [0.1, 0.15) is 42.9 Å². The van der Waals surface area contributed by atoms with Crippen LogP contribution < -0.4 is 5.32 Å². The molecule has 1 unspecified atom stereocenters. The number of nitrogens with zero attached hydrogens (tertiary/aromatic N) is 2. The van der Waals surface area contributed by atoms with Gasteiger partial charge in [0.15, 0.2) is 0 Å². The molecule has 142 valence electrons. The minimum atomic E-state index is -4.35. The molecule has 1 aromatic carbocycles. The number of aromatic nitrogens is 2. The van der Waals surface area contributed by atoms with Gasteiger partial charge >= 0.3 is 12.1 Å². The number of alkyl halides is 3. The van der Waals surface area contributed by atoms with Crippen molar-refractivity contribution < 1.29 is 23.1 Å². The first-order chi connectivity index (χ1) is 12.3. The molecule has 0 saturated carbocycles. The van der Waals surface area contributed by atoms with E-state index in [1.807, 2.05) is 6.92 Å². The number of carbonyl (C=O) groups is 1. The van der Waals surface area contributed by atoms with Crippen LogP contribution in [0.2, 0.25) is 0 Å². The Balaban J connectivity index is 1.92. The topological polar surface area (TPSA) is 67.2 Å². The molecule has 0 fully saturated rings. The lowest BCUT2D eigenvalue weighted by molar-refractivity contribution is -0.140. The number of benzene rings is 1. The second kappa shape index (κ2) is 8.84. The van der Waals surface area contributed by atoms with Gasteiger partial charge in [0.05, 0.1) is 18.3 Å². The van der Waals surface area contributed by atoms with Crippen LogP contribution in [0.4, 0.5) is 13.2 Å². The maximum Gasteiger partial charge on any atom is 0.416 e. The number of carboxylic acids is 1. The van der Waals surface area contributed by atoms with Crippen LogP contribution in [0.25, 0.3) is 0 Å². The number of hydrogen-bond acceptors (Lipinski definition) is 3. The molecule has 26 heavy (non-hydrogen) atoms. The van der Waals surface area contributed by atoms with E-state index < -0.39 is 23.8 Å². The highest BCUT2D eigenvalue weighted by molar-refractivity contribution is 5.73. The van der Waals surface area contributed by atoms with Crippen molar-refractivity contribution in [2.75, 3.05) is 0 Å². The van der Waals surface area contributed by atoms with Crippen LogP contribution in [0.5, 0.6) is 0 Å². The summed E-state index contributed by atoms with van der Waals surface area (Å²) in [5.41, 5.74) is 0.838. The Hall–Kier alpha value is -2.35. The van der Waals surface area contributed by atoms with E-state index in [0.717, 1.165) is 30.5 Å². The van der Waals surface area contributed by atoms with E-state index in [2.05, 4.69) is 10.4 Å². The highest BCUT2D eigenvalue weighted by Gasteiger charge is 2.29. The van der Waals surface area contributed by atoms with Gasteiger partial charge in [-0.05, 0) is 24.1 Å². The van der Waals surface area contributed by atoms with Gasteiger partial charge in [0.1, 0.15) is 6.04 Å². The van der Waals surface area contributed by atoms with E-state index in [1.54, 1.807) is 17.1 Å². The molecule has 0 spiro atoms. The Morgan fingerprint density at radius 2 is 1.96 bits per heavy atom. The predicted molar refractivity (Wildman–Crippen MR) is 90.6 cm³/mol. The fraction of sp³-hybridized carbons (Fsp3) is 0.444. The Labute approximate surface area is 149 Å². The number of carboxylic acid groups (broad SMARTS) is 1. The summed E-state index contributed by atoms with van der Waals surface area (Å²) >= 11 is 0. The smallest absolute Gasteiger partial charge is 0.416 e. The maximum absolute atomic E-state index is 12.6. The van der Waals surface area contributed by atoms with Gasteiger partial charge in [-0.3, -0.25) is 9.48 Å². The first-order valence-corrected chi connectivity index (χ1v) is 8.43. The lowest BCUT2D eigenvalue weighted by Gasteiger charge is -2.13. The summed E-state index contributed by atoms with van der Waals surface area (Å²) in [7, 11) is 0. The van der Waals surface area contributed by atoms with Crippen molar-refractivity contribution in [1.82, 2.24) is 15.1 Å². The fourth-order valence-corrected chi connectivity index (χ4v) is 2.53. The lowest BCUT2D eigenvalue weighted by atomic mass is 10.1. The minimum Gasteiger partial charge on any atom is -0.480 e. The second-order valence-electron chi connectivity index (χ2n) is 6.15. The molecule has 0 bridgehead atoms. The molecule has 2 aromatic rings. The monoisotopic (exact) mass is 369 g/mol. The zero-order valence-electron chi connectivity index (χ0n) is 14.5. The molecule has 0 radical (unpaired) electrons. The molecule has 0 aliphatic rings. The van der Waals surface area contributed by atoms with Gasteiger partial charge < -0.3 is 10.4 Å². The van der Waals surface area contributed by atoms with E-state index in [0.29, 0.717) is 25.1 Å². The van der Waals surface area contributed by atoms with E-state index >= 15 is 0 Å². The third kappa shape index (κ3) is 5.87. The van der Waals surface area contributed by atoms with E-state index in [4.69, 9.17) is 0 Å². The van der Waals surface area contributed by atoms with Gasteiger partial charge in [-0.1, -0.05) is 31.9 Å². The van der Waals surface area contributed by atoms with Gasteiger partial charge in [0.2, 0.25) is 0 Å². The predicted octanol–water partition coefficient (Wildman–Crippen LogP) is 3.68. The number of aliphatic carboxylic acids is 1. The molecule has 0 amide bonds. The molecular formula is C18H22F3N3O2. The fourth-order valence-electron chi connectivity index (χ4n) is 2.53. The summed E-state index contributed by atoms with van der Waals surface area (Å²) < 4.78 is 39.3. The molecule has 0 aliphatic heterocycles. The van der Waals surface area contributed by atoms with Crippen LogP contribution in [-0.4, -0.2) is 26.9 Å². The van der Waals surface area contributed by atoms with Gasteiger partial charge in [0, 0.05) is 18.3 Å². The van der Waals surface area contributed by atoms with Crippen molar-refractivity contribution >= 4 is 5.97 Å². The number of nitrogens with one attached hydrogen (secondary N) is 1. The minimum absolute atomic E-state index is 0.344. The Morgan fingerprint density at radius 1 is 1.27 bits per heavy atom. The molecular weight excluding hydrogens is 347 g/mol. The number of hydrogen-bond donors (Lipinski definition) is 2. The van der Waals surface area contributed by atoms with Crippen molar-refractivity contribution in [3.63, 3.8) is 0 Å². The lowest BCUT2D eigenvalue weighted by Crippen LogP contribution is -2.36. The Kier molecular flexibility index (Phi) is 6.79. The first-order valence-electron chi connectivity index (χ1n) is 8.43. The maximum atomic E-state index is 12.6. The van der Waals surface area contributed by atoms with Crippen molar-refractivity contribution in [1.29, 1.82) is 0 Å². The van der Waals surface area contributed by atoms with Gasteiger partial charge in [-0.15, -0.1) is 0 Å². The Bertz CT molecular complexity index is 711. The SMILES string of the molecule is CCCCC(NCc1cnn(Cc2ccc(C(F)(F)F)cc2)c1)C(=O)O. The van der Waals surface area contributed by atoms with Gasteiger partial charge in [-0.25, -0.2) is 0 Å². The van der Waals surface area contributed by atoms with Crippen molar-refractivity contribution in [2.45, 2.75) is 51.5 Å². The molecule has 2 N–H and O–H groups in total. The number of halogens is 3. The zero-order valence-corrected chi connectivity index (χ0v) is 14.5. The molecule has 5 nitrogen and oxygen atoms in total. The normalized spacial score (nSPS) is 12.9. The standard InChI is InChI=1S/C18H22F3N3O2/c1-2-3-4-16(17(25)26)22-9-14-10-23-24(12-14)11-13-5-7-15(8-6-13)18(19,20)21/h5-8,10,12,16,22H,2-4,9,11H2,1H3,(H,25,26). The van der Waals surface area contributed by atoms with Crippen molar-refractivity contribution in [3.8, 4) is 0 Å². The molecule has 8 heteroatoms. The first kappa shape index (κ1) is 20.0. The average molecular weight is 369 g/mol. The second-order valence-corrected chi connectivity index (χ2v) is 6.15. The molecule has 0 saturated heterocycles. The third-order valence-electron chi connectivity index (χ3n) is 4.01. The molecule has 2 rings (SSSR count). The van der Waals surface area contributed by atoms with Crippen LogP contribution in [-0.2, 0) is 24.1 Å². The largest absolute Gasteiger partial charge is 0.480 e. The van der Waals surface area contributed by atoms with Crippen LogP contribution in [0.15, 0.2) is 36.7 Å². The van der Waals surface area contributed by atoms with Gasteiger partial charge in [-0.2, -0.15) is 18.3 Å². The zero-order chi connectivity index (χ0) is 19.2. The number of unbranched alkanes of at least 4 members (excludes halogenated alkanes) is 1. The van der Waals surface area contributed by atoms with Crippen molar-refractivity contribution in [2.24, 2.45) is 0 Å². The summed E-state index contributed by atoms with van der Waals surface area (Å²) in [4.78, 5) is 11.2. The number of rotatable bonds is 9. The van der Waals surface area contributed by atoms with E-state index in [-0.39, 0.29) is 0 Å². The summed E-state index contributed by atoms with van der Waals surface area (Å²) in [6.07, 6.45) is 1.35. The highest BCUT2D eigenvalue weighted by atomic mass is 19.4.